The van der Waals surface area contributed by atoms with E-state index in [1.165, 1.54) is 0 Å². The topological polar surface area (TPSA) is 0 Å². The van der Waals surface area contributed by atoms with Crippen molar-refractivity contribution in [2.75, 3.05) is 0 Å². The molecule has 0 aliphatic rings. The van der Waals surface area contributed by atoms with Gasteiger partial charge in [-0.05, 0) is 0 Å². The van der Waals surface area contributed by atoms with Crippen molar-refractivity contribution in [1.29, 1.82) is 0 Å². The number of hydrogen-bond donors (Lipinski definition) is 0. The minimum atomic E-state index is -6.51. The lowest BCUT2D eigenvalue weighted by molar-refractivity contribution is -0.372. The number of hydrogen-bond acceptors (Lipinski definition) is 0. The Hall–Kier alpha value is -0.700. The minimum Gasteiger partial charge on any atom is -0.200 e. The van der Waals surface area contributed by atoms with Gasteiger partial charge in [0.25, 0.3) is 0 Å². The van der Waals surface area contributed by atoms with E-state index < -0.39 is 37.0 Å². The van der Waals surface area contributed by atoms with Crippen LogP contribution in [0.2, 0.25) is 0 Å². The van der Waals surface area contributed by atoms with Gasteiger partial charge in [-0.25, -0.2) is 8.78 Å². The highest BCUT2D eigenvalue weighted by molar-refractivity contribution is 4.95. The molecule has 98 valence electrons. The van der Waals surface area contributed by atoms with Crippen LogP contribution in [0.4, 0.5) is 43.9 Å². The first kappa shape index (κ1) is 15.3. The van der Waals surface area contributed by atoms with Crippen molar-refractivity contribution in [2.24, 2.45) is 5.92 Å². The highest BCUT2D eigenvalue weighted by Crippen LogP contribution is 2.53. The molecule has 0 bridgehead atoms. The van der Waals surface area contributed by atoms with Gasteiger partial charge in [0, 0.05) is 6.92 Å². The predicted octanol–water partition coefficient (Wildman–Crippen LogP) is 4.02. The van der Waals surface area contributed by atoms with Crippen molar-refractivity contribution >= 4 is 0 Å². The van der Waals surface area contributed by atoms with Crippen LogP contribution in [-0.2, 0) is 0 Å². The first-order chi connectivity index (χ1) is 6.62. The lowest BCUT2D eigenvalue weighted by atomic mass is 9.95. The molecule has 0 aliphatic carbocycles. The maximum atomic E-state index is 12.4. The van der Waals surface area contributed by atoms with E-state index in [-0.39, 0.29) is 0 Å². The fourth-order valence-corrected chi connectivity index (χ4v) is 0.850. The summed E-state index contributed by atoms with van der Waals surface area (Å²) in [6.45, 7) is -0.711. The van der Waals surface area contributed by atoms with E-state index >= 15 is 0 Å². The van der Waals surface area contributed by atoms with Crippen LogP contribution in [0.1, 0.15) is 6.92 Å². The molecule has 0 atom stereocenters. The quantitative estimate of drug-likeness (QED) is 0.662. The summed E-state index contributed by atoms with van der Waals surface area (Å²) >= 11 is 0. The molecule has 0 amide bonds. The van der Waals surface area contributed by atoms with E-state index in [1.54, 1.807) is 0 Å². The Kier molecular flexibility index (Phi) is 3.50. The first-order valence-corrected chi connectivity index (χ1v) is 3.51. The van der Waals surface area contributed by atoms with E-state index in [0.717, 1.165) is 0 Å². The number of alkyl halides is 10. The fraction of sp³-hybridized carbons (Fsp3) is 1.00. The SMILES string of the molecule is CC(F)(F)C(F)(F)C(C(F)(F)F)C(F)(F)F. The summed E-state index contributed by atoms with van der Waals surface area (Å²) in [5.41, 5.74) is 0. The third-order valence-electron chi connectivity index (χ3n) is 1.60. The van der Waals surface area contributed by atoms with Gasteiger partial charge >= 0.3 is 24.2 Å². The summed E-state index contributed by atoms with van der Waals surface area (Å²) in [4.78, 5) is 0. The van der Waals surface area contributed by atoms with Crippen LogP contribution in [0.25, 0.3) is 0 Å². The third kappa shape index (κ3) is 2.91. The molecule has 0 unspecified atom stereocenters. The summed E-state index contributed by atoms with van der Waals surface area (Å²) in [7, 11) is 0. The normalized spacial score (nSPS) is 15.8. The Balaban J connectivity index is 5.57. The van der Waals surface area contributed by atoms with E-state index in [0.29, 0.717) is 0 Å². The molecule has 0 rings (SSSR count). The molecular formula is C6H4F10. The summed E-state index contributed by atoms with van der Waals surface area (Å²) in [6.07, 6.45) is -13.0. The van der Waals surface area contributed by atoms with Gasteiger partial charge in [0.1, 0.15) is 0 Å². The Morgan fingerprint density at radius 1 is 0.625 bits per heavy atom. The molecule has 0 heterocycles. The molecular weight excluding hydrogens is 262 g/mol. The number of halogens is 10. The van der Waals surface area contributed by atoms with Crippen LogP contribution in [0.5, 0.6) is 0 Å². The fourth-order valence-electron chi connectivity index (χ4n) is 0.850. The average Bonchev–Trinajstić information content (AvgIpc) is 1.72. The van der Waals surface area contributed by atoms with Crippen molar-refractivity contribution in [1.82, 2.24) is 0 Å². The molecule has 0 fully saturated rings. The van der Waals surface area contributed by atoms with Gasteiger partial charge in [0.15, 0.2) is 0 Å². The second-order valence-corrected chi connectivity index (χ2v) is 3.03. The molecule has 0 N–H and O–H groups in total. The summed E-state index contributed by atoms with van der Waals surface area (Å²) in [5, 5.41) is 0. The smallest absolute Gasteiger partial charge is 0.200 e. The van der Waals surface area contributed by atoms with Gasteiger partial charge in [-0.3, -0.25) is 0 Å². The zero-order valence-corrected chi connectivity index (χ0v) is 7.36. The van der Waals surface area contributed by atoms with E-state index in [4.69, 9.17) is 0 Å². The minimum absolute atomic E-state index is 0.711. The van der Waals surface area contributed by atoms with Crippen molar-refractivity contribution in [2.45, 2.75) is 31.1 Å². The van der Waals surface area contributed by atoms with Gasteiger partial charge in [0.05, 0.1) is 0 Å². The van der Waals surface area contributed by atoms with E-state index in [1.807, 2.05) is 0 Å². The molecule has 0 aromatic rings. The van der Waals surface area contributed by atoms with Crippen molar-refractivity contribution in [3.8, 4) is 0 Å². The van der Waals surface area contributed by atoms with Crippen molar-refractivity contribution < 1.29 is 43.9 Å². The molecule has 0 saturated heterocycles. The highest BCUT2D eigenvalue weighted by atomic mass is 19.4. The highest BCUT2D eigenvalue weighted by Gasteiger charge is 2.75. The zero-order chi connectivity index (χ0) is 13.6. The molecule has 0 saturated carbocycles. The van der Waals surface area contributed by atoms with Crippen molar-refractivity contribution in [3.05, 3.63) is 0 Å². The standard InChI is InChI=1S/C6H4F10/c1-3(7,8)4(9,10)2(5(11,12)13)6(14,15)16/h2H,1H3. The number of rotatable bonds is 2. The lowest BCUT2D eigenvalue weighted by Crippen LogP contribution is -2.56. The van der Waals surface area contributed by atoms with Gasteiger partial charge in [-0.1, -0.05) is 0 Å². The monoisotopic (exact) mass is 266 g/mol. The van der Waals surface area contributed by atoms with E-state index in [2.05, 4.69) is 0 Å². The largest absolute Gasteiger partial charge is 0.406 e. The van der Waals surface area contributed by atoms with Crippen LogP contribution in [0.3, 0.4) is 0 Å². The Morgan fingerprint density at radius 2 is 0.875 bits per heavy atom. The van der Waals surface area contributed by atoms with Crippen LogP contribution >= 0.6 is 0 Å². The molecule has 0 aliphatic heterocycles. The molecule has 0 nitrogen and oxygen atoms in total. The second-order valence-electron chi connectivity index (χ2n) is 3.03. The first-order valence-electron chi connectivity index (χ1n) is 3.51. The average molecular weight is 266 g/mol. The Morgan fingerprint density at radius 3 is 0.938 bits per heavy atom. The molecule has 0 aromatic heterocycles. The van der Waals surface area contributed by atoms with Gasteiger partial charge in [0.2, 0.25) is 5.92 Å². The summed E-state index contributed by atoms with van der Waals surface area (Å²) < 4.78 is 119. The molecule has 0 radical (unpaired) electrons. The van der Waals surface area contributed by atoms with Crippen LogP contribution < -0.4 is 0 Å². The molecule has 16 heavy (non-hydrogen) atoms. The second kappa shape index (κ2) is 3.66. The maximum Gasteiger partial charge on any atom is 0.406 e. The Bertz CT molecular complexity index is 226. The lowest BCUT2D eigenvalue weighted by Gasteiger charge is -2.33. The van der Waals surface area contributed by atoms with Crippen LogP contribution in [0.15, 0.2) is 0 Å². The van der Waals surface area contributed by atoms with E-state index in [9.17, 15) is 43.9 Å². The van der Waals surface area contributed by atoms with Crippen LogP contribution in [0, 0.1) is 5.92 Å². The van der Waals surface area contributed by atoms with Gasteiger partial charge in [-0.2, -0.15) is 35.1 Å². The Labute approximate surface area is 82.2 Å². The maximum absolute atomic E-state index is 12.4. The zero-order valence-electron chi connectivity index (χ0n) is 7.36. The molecule has 0 aromatic carbocycles. The summed E-state index contributed by atoms with van der Waals surface area (Å²) in [5.74, 6) is -17.1. The van der Waals surface area contributed by atoms with Crippen LogP contribution in [-0.4, -0.2) is 24.2 Å². The van der Waals surface area contributed by atoms with Gasteiger partial charge in [-0.15, -0.1) is 0 Å². The summed E-state index contributed by atoms with van der Waals surface area (Å²) in [6, 6.07) is 0. The van der Waals surface area contributed by atoms with Gasteiger partial charge < -0.3 is 0 Å². The van der Waals surface area contributed by atoms with Crippen molar-refractivity contribution in [3.63, 3.8) is 0 Å². The molecule has 10 heteroatoms. The molecule has 0 spiro atoms. The predicted molar refractivity (Wildman–Crippen MR) is 31.2 cm³/mol. The third-order valence-corrected chi connectivity index (χ3v) is 1.60.